The molecule has 0 N–H and O–H groups in total. The first-order valence-electron chi connectivity index (χ1n) is 5.64. The topological polar surface area (TPSA) is 32.8 Å². The molecule has 4 heteroatoms. The van der Waals surface area contributed by atoms with E-state index in [1.54, 1.807) is 14.1 Å². The maximum atomic E-state index is 12.1. The highest BCUT2D eigenvalue weighted by Gasteiger charge is 2.44. The summed E-state index contributed by atoms with van der Waals surface area (Å²) in [6, 6.07) is 0. The van der Waals surface area contributed by atoms with Crippen LogP contribution in [-0.4, -0.2) is 49.2 Å². The summed E-state index contributed by atoms with van der Waals surface area (Å²) >= 11 is 0. The monoisotopic (exact) mass is 214 g/mol. The third kappa shape index (κ3) is 2.49. The predicted octanol–water partition coefficient (Wildman–Crippen LogP) is 1.27. The van der Waals surface area contributed by atoms with Crippen molar-refractivity contribution in [2.45, 2.75) is 38.1 Å². The van der Waals surface area contributed by atoms with Gasteiger partial charge in [-0.05, 0) is 39.3 Å². The van der Waals surface area contributed by atoms with E-state index in [4.69, 9.17) is 4.84 Å². The fraction of sp³-hybridized carbons (Fsp3) is 0.909. The van der Waals surface area contributed by atoms with Crippen molar-refractivity contribution in [1.82, 2.24) is 9.96 Å². The second-order valence-corrected chi connectivity index (χ2v) is 4.45. The van der Waals surface area contributed by atoms with Crippen LogP contribution in [0.4, 0.5) is 0 Å². The Labute approximate surface area is 92.1 Å². The molecule has 0 bridgehead atoms. The molecular weight excluding hydrogens is 192 g/mol. The first-order valence-corrected chi connectivity index (χ1v) is 5.64. The van der Waals surface area contributed by atoms with Gasteiger partial charge in [0.25, 0.3) is 0 Å². The van der Waals surface area contributed by atoms with E-state index in [2.05, 4.69) is 11.8 Å². The fourth-order valence-corrected chi connectivity index (χ4v) is 2.27. The molecule has 0 aromatic heterocycles. The third-order valence-electron chi connectivity index (χ3n) is 3.29. The Morgan fingerprint density at radius 1 is 1.47 bits per heavy atom. The van der Waals surface area contributed by atoms with Gasteiger partial charge < -0.3 is 4.84 Å². The third-order valence-corrected chi connectivity index (χ3v) is 3.29. The normalized spacial score (nSPS) is 28.1. The van der Waals surface area contributed by atoms with Gasteiger partial charge in [0, 0.05) is 14.1 Å². The van der Waals surface area contributed by atoms with Gasteiger partial charge in [-0.2, -0.15) is 0 Å². The molecule has 0 aliphatic carbocycles. The summed E-state index contributed by atoms with van der Waals surface area (Å²) in [6.07, 6.45) is 4.01. The molecule has 1 aliphatic heterocycles. The first-order chi connectivity index (χ1) is 7.03. The predicted molar refractivity (Wildman–Crippen MR) is 59.3 cm³/mol. The number of nitrogens with zero attached hydrogens (tertiary/aromatic N) is 2. The Hall–Kier alpha value is -0.610. The highest BCUT2D eigenvalue weighted by atomic mass is 16.7. The van der Waals surface area contributed by atoms with Crippen LogP contribution in [0.1, 0.15) is 32.6 Å². The number of hydrogen-bond donors (Lipinski definition) is 0. The van der Waals surface area contributed by atoms with Gasteiger partial charge in [-0.25, -0.2) is 4.79 Å². The molecular formula is C11H22N2O2. The molecule has 4 nitrogen and oxygen atoms in total. The zero-order valence-electron chi connectivity index (χ0n) is 10.2. The van der Waals surface area contributed by atoms with Crippen molar-refractivity contribution < 1.29 is 9.63 Å². The Morgan fingerprint density at radius 2 is 2.13 bits per heavy atom. The van der Waals surface area contributed by atoms with Gasteiger partial charge in [0.1, 0.15) is 5.54 Å². The zero-order valence-corrected chi connectivity index (χ0v) is 10.2. The standard InChI is InChI=1S/C11H22N2O2/c1-5-11(10(14)15-12(2)3)8-6-7-9-13(11)4/h5-9H2,1-4H3. The second-order valence-electron chi connectivity index (χ2n) is 4.45. The van der Waals surface area contributed by atoms with Crippen LogP contribution >= 0.6 is 0 Å². The van der Waals surface area contributed by atoms with Crippen molar-refractivity contribution >= 4 is 5.97 Å². The quantitative estimate of drug-likeness (QED) is 0.662. The zero-order chi connectivity index (χ0) is 11.5. The Kier molecular flexibility index (Phi) is 4.11. The summed E-state index contributed by atoms with van der Waals surface area (Å²) in [5.74, 6) is -0.114. The van der Waals surface area contributed by atoms with Crippen molar-refractivity contribution in [2.75, 3.05) is 27.7 Å². The lowest BCUT2D eigenvalue weighted by atomic mass is 9.85. The summed E-state index contributed by atoms with van der Waals surface area (Å²) < 4.78 is 0. The van der Waals surface area contributed by atoms with Crippen LogP contribution in [0.15, 0.2) is 0 Å². The molecule has 88 valence electrons. The number of likely N-dealkylation sites (N-methyl/N-ethyl adjacent to an activating group) is 1. The maximum absolute atomic E-state index is 12.1. The van der Waals surface area contributed by atoms with Gasteiger partial charge in [0.05, 0.1) is 0 Å². The number of piperidine rings is 1. The number of carbonyl (C=O) groups excluding carboxylic acids is 1. The highest BCUT2D eigenvalue weighted by molar-refractivity contribution is 5.80. The van der Waals surface area contributed by atoms with Gasteiger partial charge >= 0.3 is 5.97 Å². The summed E-state index contributed by atoms with van der Waals surface area (Å²) in [5.41, 5.74) is -0.400. The molecule has 0 aromatic rings. The maximum Gasteiger partial charge on any atom is 0.345 e. The van der Waals surface area contributed by atoms with E-state index in [-0.39, 0.29) is 5.97 Å². The average molecular weight is 214 g/mol. The molecule has 15 heavy (non-hydrogen) atoms. The first kappa shape index (κ1) is 12.5. The van der Waals surface area contributed by atoms with E-state index >= 15 is 0 Å². The molecule has 1 aliphatic rings. The van der Waals surface area contributed by atoms with Gasteiger partial charge in [0.2, 0.25) is 0 Å². The number of rotatable bonds is 3. The van der Waals surface area contributed by atoms with Crippen LogP contribution < -0.4 is 0 Å². The molecule has 1 fully saturated rings. The van der Waals surface area contributed by atoms with Crippen LogP contribution in [-0.2, 0) is 9.63 Å². The second kappa shape index (κ2) is 4.94. The molecule has 1 heterocycles. The van der Waals surface area contributed by atoms with E-state index in [1.165, 1.54) is 11.5 Å². The van der Waals surface area contributed by atoms with Crippen molar-refractivity contribution in [3.8, 4) is 0 Å². The number of carbonyl (C=O) groups is 1. The number of hydroxylamine groups is 2. The molecule has 0 radical (unpaired) electrons. The lowest BCUT2D eigenvalue weighted by Crippen LogP contribution is -2.56. The molecule has 1 atom stereocenters. The minimum absolute atomic E-state index is 0.114. The summed E-state index contributed by atoms with van der Waals surface area (Å²) in [6.45, 7) is 3.04. The van der Waals surface area contributed by atoms with Crippen LogP contribution in [0, 0.1) is 0 Å². The largest absolute Gasteiger partial charge is 0.367 e. The summed E-state index contributed by atoms with van der Waals surface area (Å²) in [4.78, 5) is 19.4. The van der Waals surface area contributed by atoms with Crippen LogP contribution in [0.25, 0.3) is 0 Å². The minimum atomic E-state index is -0.400. The van der Waals surface area contributed by atoms with Crippen LogP contribution in [0.2, 0.25) is 0 Å². The molecule has 0 amide bonds. The van der Waals surface area contributed by atoms with Crippen molar-refractivity contribution in [1.29, 1.82) is 0 Å². The van der Waals surface area contributed by atoms with Crippen LogP contribution in [0.5, 0.6) is 0 Å². The van der Waals surface area contributed by atoms with E-state index in [0.29, 0.717) is 0 Å². The smallest absolute Gasteiger partial charge is 0.345 e. The Bertz CT molecular complexity index is 231. The van der Waals surface area contributed by atoms with E-state index in [9.17, 15) is 4.79 Å². The van der Waals surface area contributed by atoms with E-state index in [0.717, 1.165) is 25.8 Å². The van der Waals surface area contributed by atoms with Gasteiger partial charge in [-0.1, -0.05) is 6.92 Å². The number of likely N-dealkylation sites (tertiary alicyclic amines) is 1. The summed E-state index contributed by atoms with van der Waals surface area (Å²) in [5, 5.41) is 1.47. The molecule has 1 rings (SSSR count). The molecule has 1 saturated heterocycles. The summed E-state index contributed by atoms with van der Waals surface area (Å²) in [7, 11) is 5.49. The average Bonchev–Trinajstić information content (AvgIpc) is 2.17. The van der Waals surface area contributed by atoms with E-state index < -0.39 is 5.54 Å². The van der Waals surface area contributed by atoms with Crippen molar-refractivity contribution in [2.24, 2.45) is 0 Å². The van der Waals surface area contributed by atoms with Crippen molar-refractivity contribution in [3.63, 3.8) is 0 Å². The van der Waals surface area contributed by atoms with Crippen LogP contribution in [0.3, 0.4) is 0 Å². The lowest BCUT2D eigenvalue weighted by molar-refractivity contribution is -0.195. The highest BCUT2D eigenvalue weighted by Crippen LogP contribution is 2.31. The fourth-order valence-electron chi connectivity index (χ4n) is 2.27. The van der Waals surface area contributed by atoms with Crippen molar-refractivity contribution in [3.05, 3.63) is 0 Å². The minimum Gasteiger partial charge on any atom is -0.367 e. The van der Waals surface area contributed by atoms with Gasteiger partial charge in [-0.3, -0.25) is 4.90 Å². The molecule has 1 unspecified atom stereocenters. The molecule has 0 saturated carbocycles. The Morgan fingerprint density at radius 3 is 2.60 bits per heavy atom. The number of hydrogen-bond acceptors (Lipinski definition) is 4. The lowest BCUT2D eigenvalue weighted by Gasteiger charge is -2.42. The SMILES string of the molecule is CCC1(C(=O)ON(C)C)CCCCN1C. The molecule has 0 aromatic carbocycles. The van der Waals surface area contributed by atoms with Gasteiger partial charge in [-0.15, -0.1) is 5.06 Å². The Balaban J connectivity index is 2.77. The molecule has 0 spiro atoms. The van der Waals surface area contributed by atoms with Gasteiger partial charge in [0.15, 0.2) is 0 Å². The van der Waals surface area contributed by atoms with E-state index in [1.807, 2.05) is 7.05 Å².